The topological polar surface area (TPSA) is 74.1 Å². The normalized spacial score (nSPS) is 11.4. The molecule has 92 valence electrons. The molecule has 0 fully saturated rings. The minimum absolute atomic E-state index is 0.0331. The molecule has 0 aliphatic carbocycles. The first kappa shape index (κ1) is 13.5. The Hall–Kier alpha value is -1.52. The van der Waals surface area contributed by atoms with Gasteiger partial charge in [0.15, 0.2) is 5.82 Å². The maximum Gasteiger partial charge on any atom is 0.263 e. The van der Waals surface area contributed by atoms with Gasteiger partial charge in [-0.1, -0.05) is 6.92 Å². The van der Waals surface area contributed by atoms with E-state index >= 15 is 0 Å². The summed E-state index contributed by atoms with van der Waals surface area (Å²) in [5.74, 6) is -0.886. The summed E-state index contributed by atoms with van der Waals surface area (Å²) in [6.07, 6.45) is 1.27. The van der Waals surface area contributed by atoms with E-state index in [1.165, 1.54) is 12.3 Å². The minimum atomic E-state index is -3.96. The van der Waals surface area contributed by atoms with Crippen molar-refractivity contribution in [3.63, 3.8) is 0 Å². The fraction of sp³-hybridized carbons (Fsp3) is 0.400. The predicted molar refractivity (Wildman–Crippen MR) is 58.9 cm³/mol. The third-order valence-electron chi connectivity index (χ3n) is 2.13. The summed E-state index contributed by atoms with van der Waals surface area (Å²) in [5, 5.41) is 7.84. The van der Waals surface area contributed by atoms with Crippen LogP contribution in [0.3, 0.4) is 0 Å². The Bertz CT molecular complexity index is 525. The van der Waals surface area contributed by atoms with Crippen LogP contribution in [0, 0.1) is 17.1 Å². The molecule has 0 unspecified atom stereocenters. The van der Waals surface area contributed by atoms with Crippen LogP contribution in [-0.2, 0) is 10.0 Å². The lowest BCUT2D eigenvalue weighted by atomic mass is 10.5. The number of pyridine rings is 1. The monoisotopic (exact) mass is 257 g/mol. The molecule has 0 aliphatic heterocycles. The number of hydrogen-bond donors (Lipinski definition) is 0. The molecular weight excluding hydrogens is 245 g/mol. The lowest BCUT2D eigenvalue weighted by Crippen LogP contribution is -2.32. The highest BCUT2D eigenvalue weighted by molar-refractivity contribution is 7.89. The summed E-state index contributed by atoms with van der Waals surface area (Å²) in [7, 11) is -3.96. The van der Waals surface area contributed by atoms with Crippen LogP contribution >= 0.6 is 0 Å². The number of hydrogen-bond acceptors (Lipinski definition) is 4. The molecule has 0 bridgehead atoms. The summed E-state index contributed by atoms with van der Waals surface area (Å²) in [6.45, 7) is 1.82. The van der Waals surface area contributed by atoms with Crippen molar-refractivity contribution in [2.24, 2.45) is 0 Å². The van der Waals surface area contributed by atoms with Gasteiger partial charge in [0.2, 0.25) is 5.03 Å². The molecule has 1 rings (SSSR count). The van der Waals surface area contributed by atoms with Crippen LogP contribution in [-0.4, -0.2) is 30.8 Å². The van der Waals surface area contributed by atoms with Gasteiger partial charge in [-0.3, -0.25) is 0 Å². The van der Waals surface area contributed by atoms with E-state index in [9.17, 15) is 12.8 Å². The SMILES string of the molecule is CCN(CCC#N)S(=O)(=O)c1ncccc1F. The molecule has 0 atom stereocenters. The molecule has 0 spiro atoms. The van der Waals surface area contributed by atoms with E-state index in [1.54, 1.807) is 6.92 Å². The number of halogens is 1. The average molecular weight is 257 g/mol. The molecule has 7 heteroatoms. The molecule has 1 heterocycles. The fourth-order valence-electron chi connectivity index (χ4n) is 1.31. The molecule has 0 aliphatic rings. The first-order valence-electron chi connectivity index (χ1n) is 5.01. The average Bonchev–Trinajstić information content (AvgIpc) is 2.30. The van der Waals surface area contributed by atoms with Gasteiger partial charge in [-0.25, -0.2) is 17.8 Å². The van der Waals surface area contributed by atoms with Crippen molar-refractivity contribution >= 4 is 10.0 Å². The summed E-state index contributed by atoms with van der Waals surface area (Å²) < 4.78 is 38.4. The van der Waals surface area contributed by atoms with E-state index in [2.05, 4.69) is 4.98 Å². The first-order valence-corrected chi connectivity index (χ1v) is 6.45. The second-order valence-corrected chi connectivity index (χ2v) is 5.05. The second kappa shape index (κ2) is 5.70. The maximum atomic E-state index is 13.4. The van der Waals surface area contributed by atoms with Crippen molar-refractivity contribution in [2.45, 2.75) is 18.4 Å². The Balaban J connectivity index is 3.10. The van der Waals surface area contributed by atoms with Crippen LogP contribution < -0.4 is 0 Å². The predicted octanol–water partition coefficient (Wildman–Crippen LogP) is 1.14. The van der Waals surface area contributed by atoms with Crippen LogP contribution in [0.5, 0.6) is 0 Å². The van der Waals surface area contributed by atoms with Crippen molar-refractivity contribution in [3.8, 4) is 6.07 Å². The molecule has 0 radical (unpaired) electrons. The summed E-state index contributed by atoms with van der Waals surface area (Å²) >= 11 is 0. The Morgan fingerprint density at radius 2 is 2.29 bits per heavy atom. The quantitative estimate of drug-likeness (QED) is 0.793. The van der Waals surface area contributed by atoms with Crippen LogP contribution in [0.4, 0.5) is 4.39 Å². The Kier molecular flexibility index (Phi) is 4.54. The van der Waals surface area contributed by atoms with Crippen molar-refractivity contribution in [1.29, 1.82) is 5.26 Å². The van der Waals surface area contributed by atoms with Gasteiger partial charge in [0.1, 0.15) is 0 Å². The number of aromatic nitrogens is 1. The van der Waals surface area contributed by atoms with Crippen molar-refractivity contribution in [2.75, 3.05) is 13.1 Å². The van der Waals surface area contributed by atoms with E-state index in [1.807, 2.05) is 6.07 Å². The molecule has 0 N–H and O–H groups in total. The van der Waals surface area contributed by atoms with Crippen molar-refractivity contribution in [3.05, 3.63) is 24.1 Å². The lowest BCUT2D eigenvalue weighted by Gasteiger charge is -2.18. The van der Waals surface area contributed by atoms with Crippen molar-refractivity contribution < 1.29 is 12.8 Å². The number of rotatable bonds is 5. The highest BCUT2D eigenvalue weighted by atomic mass is 32.2. The van der Waals surface area contributed by atoms with Gasteiger partial charge in [0.25, 0.3) is 10.0 Å². The Labute approximate surface area is 99.6 Å². The largest absolute Gasteiger partial charge is 0.263 e. The lowest BCUT2D eigenvalue weighted by molar-refractivity contribution is 0.426. The summed E-state index contributed by atoms with van der Waals surface area (Å²) in [5.41, 5.74) is 0. The van der Waals surface area contributed by atoms with Crippen LogP contribution in [0.1, 0.15) is 13.3 Å². The molecule has 0 amide bonds. The molecular formula is C10H12FN3O2S. The van der Waals surface area contributed by atoms with Gasteiger partial charge in [-0.2, -0.15) is 9.57 Å². The van der Waals surface area contributed by atoms with E-state index in [-0.39, 0.29) is 19.5 Å². The fourth-order valence-corrected chi connectivity index (χ4v) is 2.73. The third-order valence-corrected chi connectivity index (χ3v) is 4.04. The standard InChI is InChI=1S/C10H12FN3O2S/c1-2-14(8-4-6-12)17(15,16)10-9(11)5-3-7-13-10/h3,5,7H,2,4,8H2,1H3. The highest BCUT2D eigenvalue weighted by Gasteiger charge is 2.27. The zero-order chi connectivity index (χ0) is 12.9. The Morgan fingerprint density at radius 3 is 2.82 bits per heavy atom. The first-order chi connectivity index (χ1) is 8.04. The number of nitriles is 1. The van der Waals surface area contributed by atoms with E-state index in [0.29, 0.717) is 0 Å². The van der Waals surface area contributed by atoms with Crippen LogP contribution in [0.15, 0.2) is 23.4 Å². The van der Waals surface area contributed by atoms with Gasteiger partial charge in [-0.05, 0) is 12.1 Å². The van der Waals surface area contributed by atoms with Crippen LogP contribution in [0.2, 0.25) is 0 Å². The maximum absolute atomic E-state index is 13.4. The van der Waals surface area contributed by atoms with Crippen LogP contribution in [0.25, 0.3) is 0 Å². The Morgan fingerprint density at radius 1 is 1.59 bits per heavy atom. The second-order valence-electron chi connectivity index (χ2n) is 3.20. The van der Waals surface area contributed by atoms with Gasteiger partial charge in [0, 0.05) is 25.7 Å². The number of sulfonamides is 1. The molecule has 1 aromatic heterocycles. The van der Waals surface area contributed by atoms with Gasteiger partial charge < -0.3 is 0 Å². The molecule has 0 aromatic carbocycles. The van der Waals surface area contributed by atoms with E-state index < -0.39 is 20.9 Å². The van der Waals surface area contributed by atoms with Gasteiger partial charge in [-0.15, -0.1) is 0 Å². The van der Waals surface area contributed by atoms with Crippen molar-refractivity contribution in [1.82, 2.24) is 9.29 Å². The summed E-state index contributed by atoms with van der Waals surface area (Å²) in [4.78, 5) is 3.54. The zero-order valence-electron chi connectivity index (χ0n) is 9.30. The third kappa shape index (κ3) is 2.99. The van der Waals surface area contributed by atoms with E-state index in [4.69, 9.17) is 5.26 Å². The molecule has 5 nitrogen and oxygen atoms in total. The minimum Gasteiger partial charge on any atom is -0.241 e. The summed E-state index contributed by atoms with van der Waals surface area (Å²) in [6, 6.07) is 4.21. The highest BCUT2D eigenvalue weighted by Crippen LogP contribution is 2.16. The molecule has 17 heavy (non-hydrogen) atoms. The van der Waals surface area contributed by atoms with Gasteiger partial charge in [0.05, 0.1) is 6.07 Å². The molecule has 0 saturated heterocycles. The van der Waals surface area contributed by atoms with E-state index in [0.717, 1.165) is 10.4 Å². The number of nitrogens with zero attached hydrogens (tertiary/aromatic N) is 3. The molecule has 0 saturated carbocycles. The smallest absolute Gasteiger partial charge is 0.241 e. The van der Waals surface area contributed by atoms with Gasteiger partial charge >= 0.3 is 0 Å². The molecule has 1 aromatic rings. The zero-order valence-corrected chi connectivity index (χ0v) is 10.1.